The van der Waals surface area contributed by atoms with E-state index in [2.05, 4.69) is 5.32 Å². The Kier molecular flexibility index (Phi) is 3.24. The minimum atomic E-state index is -0.704. The van der Waals surface area contributed by atoms with Crippen LogP contribution in [0.4, 0.5) is 0 Å². The Morgan fingerprint density at radius 3 is 1.57 bits per heavy atom. The molecule has 1 rings (SSSR count). The largest absolute Gasteiger partial charge is 0.389 e. The van der Waals surface area contributed by atoms with E-state index < -0.39 is 11.2 Å². The maximum atomic E-state index is 9.88. The van der Waals surface area contributed by atoms with Crippen LogP contribution in [0, 0.1) is 0 Å². The SMILES string of the molecule is CC(C)(O)[C@@H]1CCC[C@H](C(C)(C)O)N1. The summed E-state index contributed by atoms with van der Waals surface area (Å²) in [5.74, 6) is 0. The molecular formula is C11H23NO2. The van der Waals surface area contributed by atoms with Gasteiger partial charge in [-0.2, -0.15) is 0 Å². The van der Waals surface area contributed by atoms with Gasteiger partial charge in [-0.25, -0.2) is 0 Å². The molecule has 14 heavy (non-hydrogen) atoms. The van der Waals surface area contributed by atoms with Crippen molar-refractivity contribution in [3.63, 3.8) is 0 Å². The first-order chi connectivity index (χ1) is 6.21. The smallest absolute Gasteiger partial charge is 0.0744 e. The third-order valence-corrected chi connectivity index (χ3v) is 3.09. The van der Waals surface area contributed by atoms with Gasteiger partial charge in [-0.1, -0.05) is 6.42 Å². The van der Waals surface area contributed by atoms with Crippen LogP contribution in [0.3, 0.4) is 0 Å². The van der Waals surface area contributed by atoms with Crippen molar-refractivity contribution in [2.24, 2.45) is 0 Å². The van der Waals surface area contributed by atoms with Gasteiger partial charge >= 0.3 is 0 Å². The summed E-state index contributed by atoms with van der Waals surface area (Å²) in [6, 6.07) is 0.181. The molecule has 1 fully saturated rings. The minimum absolute atomic E-state index is 0.0904. The summed E-state index contributed by atoms with van der Waals surface area (Å²) in [6.45, 7) is 7.27. The van der Waals surface area contributed by atoms with E-state index in [1.165, 1.54) is 0 Å². The van der Waals surface area contributed by atoms with E-state index in [1.54, 1.807) is 0 Å². The van der Waals surface area contributed by atoms with Crippen molar-refractivity contribution in [3.05, 3.63) is 0 Å². The highest BCUT2D eigenvalue weighted by molar-refractivity contribution is 4.95. The molecule has 84 valence electrons. The zero-order chi connectivity index (χ0) is 11.0. The Morgan fingerprint density at radius 1 is 0.929 bits per heavy atom. The summed E-state index contributed by atoms with van der Waals surface area (Å²) in [5, 5.41) is 23.1. The molecule has 0 aromatic carbocycles. The predicted molar refractivity (Wildman–Crippen MR) is 57.2 cm³/mol. The summed E-state index contributed by atoms with van der Waals surface area (Å²) in [6.07, 6.45) is 3.03. The zero-order valence-electron chi connectivity index (χ0n) is 9.67. The van der Waals surface area contributed by atoms with Gasteiger partial charge in [0.05, 0.1) is 11.2 Å². The van der Waals surface area contributed by atoms with Crippen LogP contribution in [0.5, 0.6) is 0 Å². The van der Waals surface area contributed by atoms with Crippen LogP contribution in [0.15, 0.2) is 0 Å². The van der Waals surface area contributed by atoms with Crippen molar-refractivity contribution < 1.29 is 10.2 Å². The zero-order valence-corrected chi connectivity index (χ0v) is 9.67. The van der Waals surface area contributed by atoms with E-state index in [0.717, 1.165) is 19.3 Å². The van der Waals surface area contributed by atoms with Gasteiger partial charge in [-0.3, -0.25) is 0 Å². The molecule has 0 amide bonds. The molecule has 1 saturated heterocycles. The van der Waals surface area contributed by atoms with Crippen molar-refractivity contribution in [2.75, 3.05) is 0 Å². The molecule has 2 atom stereocenters. The summed E-state index contributed by atoms with van der Waals surface area (Å²) >= 11 is 0. The molecule has 0 radical (unpaired) electrons. The van der Waals surface area contributed by atoms with Crippen LogP contribution >= 0.6 is 0 Å². The second-order valence-corrected chi connectivity index (χ2v) is 5.51. The number of aliphatic hydroxyl groups is 2. The van der Waals surface area contributed by atoms with E-state index in [-0.39, 0.29) is 12.1 Å². The van der Waals surface area contributed by atoms with Crippen LogP contribution in [0.2, 0.25) is 0 Å². The first kappa shape index (κ1) is 12.0. The highest BCUT2D eigenvalue weighted by Crippen LogP contribution is 2.25. The van der Waals surface area contributed by atoms with Gasteiger partial charge in [0.15, 0.2) is 0 Å². The Morgan fingerprint density at radius 2 is 1.29 bits per heavy atom. The second-order valence-electron chi connectivity index (χ2n) is 5.51. The maximum absolute atomic E-state index is 9.88. The highest BCUT2D eigenvalue weighted by atomic mass is 16.3. The third-order valence-electron chi connectivity index (χ3n) is 3.09. The van der Waals surface area contributed by atoms with Crippen molar-refractivity contribution in [1.29, 1.82) is 0 Å². The third kappa shape index (κ3) is 2.94. The van der Waals surface area contributed by atoms with Gasteiger partial charge in [0.25, 0.3) is 0 Å². The first-order valence-electron chi connectivity index (χ1n) is 5.42. The van der Waals surface area contributed by atoms with Crippen LogP contribution < -0.4 is 5.32 Å². The Labute approximate surface area is 86.5 Å². The second kappa shape index (κ2) is 3.80. The fourth-order valence-corrected chi connectivity index (χ4v) is 2.05. The summed E-state index contributed by atoms with van der Waals surface area (Å²) in [4.78, 5) is 0. The van der Waals surface area contributed by atoms with Crippen molar-refractivity contribution in [3.8, 4) is 0 Å². The van der Waals surface area contributed by atoms with Gasteiger partial charge in [-0.15, -0.1) is 0 Å². The molecule has 0 unspecified atom stereocenters. The predicted octanol–water partition coefficient (Wildman–Crippen LogP) is 1.04. The molecule has 3 N–H and O–H groups in total. The molecule has 1 heterocycles. The molecule has 1 aliphatic heterocycles. The number of piperidine rings is 1. The lowest BCUT2D eigenvalue weighted by molar-refractivity contribution is -0.0235. The van der Waals surface area contributed by atoms with E-state index in [0.29, 0.717) is 0 Å². The van der Waals surface area contributed by atoms with Crippen LogP contribution in [-0.2, 0) is 0 Å². The summed E-state index contributed by atoms with van der Waals surface area (Å²) in [5.41, 5.74) is -1.41. The number of hydrogen-bond acceptors (Lipinski definition) is 3. The molecule has 3 heteroatoms. The summed E-state index contributed by atoms with van der Waals surface area (Å²) < 4.78 is 0. The number of nitrogens with one attached hydrogen (secondary N) is 1. The Balaban J connectivity index is 2.61. The lowest BCUT2D eigenvalue weighted by Gasteiger charge is -2.42. The quantitative estimate of drug-likeness (QED) is 0.625. The molecule has 0 spiro atoms. The molecule has 0 bridgehead atoms. The van der Waals surface area contributed by atoms with Gasteiger partial charge in [-0.05, 0) is 40.5 Å². The Bertz CT molecular complexity index is 170. The lowest BCUT2D eigenvalue weighted by atomic mass is 9.83. The van der Waals surface area contributed by atoms with Crippen LogP contribution in [0.25, 0.3) is 0 Å². The molecule has 0 aromatic heterocycles. The average Bonchev–Trinajstić information content (AvgIpc) is 2.01. The Hall–Kier alpha value is -0.120. The molecule has 3 nitrogen and oxygen atoms in total. The standard InChI is InChI=1S/C11H23NO2/c1-10(2,13)8-6-5-7-9(12-8)11(3,4)14/h8-9,12-14H,5-7H2,1-4H3/t8-,9+. The van der Waals surface area contributed by atoms with Gasteiger partial charge in [0.1, 0.15) is 0 Å². The van der Waals surface area contributed by atoms with Gasteiger partial charge in [0.2, 0.25) is 0 Å². The van der Waals surface area contributed by atoms with Gasteiger partial charge < -0.3 is 15.5 Å². The van der Waals surface area contributed by atoms with E-state index >= 15 is 0 Å². The molecule has 1 aliphatic rings. The number of hydrogen-bond donors (Lipinski definition) is 3. The van der Waals surface area contributed by atoms with E-state index in [1.807, 2.05) is 27.7 Å². The fourth-order valence-electron chi connectivity index (χ4n) is 2.05. The molecule has 0 aliphatic carbocycles. The van der Waals surface area contributed by atoms with Crippen LogP contribution in [0.1, 0.15) is 47.0 Å². The lowest BCUT2D eigenvalue weighted by Crippen LogP contribution is -2.59. The van der Waals surface area contributed by atoms with Crippen molar-refractivity contribution in [2.45, 2.75) is 70.2 Å². The first-order valence-corrected chi connectivity index (χ1v) is 5.42. The number of rotatable bonds is 2. The fraction of sp³-hybridized carbons (Fsp3) is 1.00. The average molecular weight is 201 g/mol. The molecule has 0 aromatic rings. The van der Waals surface area contributed by atoms with Gasteiger partial charge in [0, 0.05) is 12.1 Å². The molecule has 0 saturated carbocycles. The van der Waals surface area contributed by atoms with E-state index in [4.69, 9.17) is 0 Å². The van der Waals surface area contributed by atoms with Crippen molar-refractivity contribution >= 4 is 0 Å². The summed E-state index contributed by atoms with van der Waals surface area (Å²) in [7, 11) is 0. The van der Waals surface area contributed by atoms with Crippen LogP contribution in [-0.4, -0.2) is 33.5 Å². The topological polar surface area (TPSA) is 52.5 Å². The minimum Gasteiger partial charge on any atom is -0.389 e. The van der Waals surface area contributed by atoms with E-state index in [9.17, 15) is 10.2 Å². The normalized spacial score (nSPS) is 30.4. The monoisotopic (exact) mass is 201 g/mol. The maximum Gasteiger partial charge on any atom is 0.0744 e. The highest BCUT2D eigenvalue weighted by Gasteiger charge is 2.36. The molecular weight excluding hydrogens is 178 g/mol. The van der Waals surface area contributed by atoms with Crippen molar-refractivity contribution in [1.82, 2.24) is 5.32 Å².